The van der Waals surface area contributed by atoms with Crippen LogP contribution < -0.4 is 5.43 Å². The molecular weight excluding hydrogens is 192 g/mol. The molecule has 7 nitrogen and oxygen atoms in total. The van der Waals surface area contributed by atoms with Crippen molar-refractivity contribution in [1.29, 1.82) is 0 Å². The van der Waals surface area contributed by atoms with Crippen LogP contribution in [-0.4, -0.2) is 29.9 Å². The maximum Gasteiger partial charge on any atom is 0.428 e. The molecule has 0 aromatic carbocycles. The Bertz CT molecular complexity index is 244. The van der Waals surface area contributed by atoms with E-state index in [2.05, 4.69) is 16.4 Å². The molecule has 0 rings (SSSR count). The summed E-state index contributed by atoms with van der Waals surface area (Å²) in [5, 5.41) is 10.4. The number of carbonyl (C=O) groups is 2. The van der Waals surface area contributed by atoms with Gasteiger partial charge in [-0.25, -0.2) is 19.8 Å². The van der Waals surface area contributed by atoms with Crippen LogP contribution in [0.4, 0.5) is 4.79 Å². The monoisotopic (exact) mass is 202 g/mol. The Morgan fingerprint density at radius 1 is 1.71 bits per heavy atom. The number of isocyanates is 1. The molecule has 0 unspecified atom stereocenters. The summed E-state index contributed by atoms with van der Waals surface area (Å²) in [6, 6.07) is 0. The van der Waals surface area contributed by atoms with E-state index in [1.807, 2.05) is 0 Å². The third-order valence-electron chi connectivity index (χ3n) is 0.643. The van der Waals surface area contributed by atoms with Crippen LogP contribution in [0.1, 0.15) is 6.92 Å². The van der Waals surface area contributed by atoms with Crippen molar-refractivity contribution in [2.24, 2.45) is 5.10 Å². The fourth-order valence-corrected chi connectivity index (χ4v) is 0.232. The summed E-state index contributed by atoms with van der Waals surface area (Å²) in [7, 11) is 0. The van der Waals surface area contributed by atoms with Crippen molar-refractivity contribution in [3.63, 3.8) is 0 Å². The standard InChI is InChI=1S/C4H6N2O3.C3H4O2/c1-2-9-4(8)6-5-3-7;1-2-3(4)5/h2H2,1H3,(H,6,8);2H,1H2,(H,4,5). The largest absolute Gasteiger partial charge is 0.478 e. The van der Waals surface area contributed by atoms with Gasteiger partial charge in [-0.3, -0.25) is 0 Å². The first-order chi connectivity index (χ1) is 6.58. The van der Waals surface area contributed by atoms with E-state index in [0.717, 1.165) is 12.2 Å². The lowest BCUT2D eigenvalue weighted by Gasteiger charge is -1.95. The van der Waals surface area contributed by atoms with Crippen LogP contribution in [0.2, 0.25) is 0 Å². The molecule has 0 aromatic heterocycles. The van der Waals surface area contributed by atoms with Crippen molar-refractivity contribution in [3.05, 3.63) is 12.7 Å². The van der Waals surface area contributed by atoms with Crippen LogP contribution in [0.15, 0.2) is 17.8 Å². The maximum atomic E-state index is 10.2. The fourth-order valence-electron chi connectivity index (χ4n) is 0.232. The molecule has 2 N–H and O–H groups in total. The molecule has 0 aliphatic rings. The van der Waals surface area contributed by atoms with E-state index >= 15 is 0 Å². The predicted molar refractivity (Wildman–Crippen MR) is 46.1 cm³/mol. The van der Waals surface area contributed by atoms with E-state index in [9.17, 15) is 14.4 Å². The number of carboxylic acid groups (broad SMARTS) is 1. The lowest BCUT2D eigenvalue weighted by atomic mass is 10.7. The van der Waals surface area contributed by atoms with Crippen molar-refractivity contribution in [1.82, 2.24) is 5.43 Å². The first kappa shape index (κ1) is 14.4. The topological polar surface area (TPSA) is 105 Å². The minimum Gasteiger partial charge on any atom is -0.478 e. The average molecular weight is 202 g/mol. The number of nitrogens with one attached hydrogen (secondary N) is 1. The minimum absolute atomic E-state index is 0.250. The van der Waals surface area contributed by atoms with Crippen LogP contribution in [0, 0.1) is 0 Å². The minimum atomic E-state index is -0.981. The molecule has 0 bridgehead atoms. The normalized spacial score (nSPS) is 6.93. The third-order valence-corrected chi connectivity index (χ3v) is 0.643. The number of carboxylic acids is 1. The van der Waals surface area contributed by atoms with Crippen molar-refractivity contribution < 1.29 is 24.2 Å². The smallest absolute Gasteiger partial charge is 0.428 e. The summed E-state index contributed by atoms with van der Waals surface area (Å²) < 4.78 is 4.32. The van der Waals surface area contributed by atoms with Crippen molar-refractivity contribution in [3.8, 4) is 0 Å². The molecule has 0 aliphatic carbocycles. The quantitative estimate of drug-likeness (QED) is 0.295. The Balaban J connectivity index is 0. The van der Waals surface area contributed by atoms with Gasteiger partial charge in [0.1, 0.15) is 0 Å². The van der Waals surface area contributed by atoms with E-state index < -0.39 is 12.1 Å². The zero-order chi connectivity index (χ0) is 11.4. The molecule has 0 radical (unpaired) electrons. The highest BCUT2D eigenvalue weighted by Crippen LogP contribution is 1.73. The zero-order valence-electron chi connectivity index (χ0n) is 7.52. The summed E-state index contributed by atoms with van der Waals surface area (Å²) in [6.07, 6.45) is 1.20. The summed E-state index contributed by atoms with van der Waals surface area (Å²) in [6.45, 7) is 4.85. The van der Waals surface area contributed by atoms with Gasteiger partial charge in [0.05, 0.1) is 6.61 Å². The van der Waals surface area contributed by atoms with Crippen LogP contribution in [0.5, 0.6) is 0 Å². The molecule has 0 heterocycles. The van der Waals surface area contributed by atoms with Crippen molar-refractivity contribution in [2.75, 3.05) is 6.61 Å². The van der Waals surface area contributed by atoms with Gasteiger partial charge in [0.2, 0.25) is 0 Å². The number of hydrogen-bond acceptors (Lipinski definition) is 5. The third kappa shape index (κ3) is 16.4. The molecule has 0 spiro atoms. The molecule has 0 saturated carbocycles. The Kier molecular flexibility index (Phi) is 11.2. The zero-order valence-corrected chi connectivity index (χ0v) is 7.52. The van der Waals surface area contributed by atoms with E-state index in [-0.39, 0.29) is 6.61 Å². The Morgan fingerprint density at radius 3 is 2.50 bits per heavy atom. The van der Waals surface area contributed by atoms with E-state index in [1.54, 1.807) is 12.3 Å². The molecule has 78 valence electrons. The second-order valence-electron chi connectivity index (χ2n) is 1.58. The van der Waals surface area contributed by atoms with Crippen LogP contribution in [0.25, 0.3) is 0 Å². The average Bonchev–Trinajstić information content (AvgIpc) is 2.16. The Hall–Kier alpha value is -2.14. The highest BCUT2D eigenvalue weighted by atomic mass is 16.5. The van der Waals surface area contributed by atoms with E-state index in [4.69, 9.17) is 5.11 Å². The summed E-state index contributed by atoms with van der Waals surface area (Å²) in [4.78, 5) is 28.8. The highest BCUT2D eigenvalue weighted by molar-refractivity contribution is 5.78. The lowest BCUT2D eigenvalue weighted by molar-refractivity contribution is -0.131. The number of hydrazone groups is 1. The van der Waals surface area contributed by atoms with E-state index in [0.29, 0.717) is 0 Å². The molecular formula is C7H10N2O5. The van der Waals surface area contributed by atoms with Gasteiger partial charge in [0.25, 0.3) is 6.08 Å². The first-order valence-electron chi connectivity index (χ1n) is 3.43. The fraction of sp³-hybridized carbons (Fsp3) is 0.286. The van der Waals surface area contributed by atoms with Crippen LogP contribution in [0.3, 0.4) is 0 Å². The summed E-state index contributed by atoms with van der Waals surface area (Å²) in [5.74, 6) is -0.981. The van der Waals surface area contributed by atoms with Crippen molar-refractivity contribution >= 4 is 18.1 Å². The lowest BCUT2D eigenvalue weighted by Crippen LogP contribution is -2.17. The highest BCUT2D eigenvalue weighted by Gasteiger charge is 1.93. The number of amides is 1. The molecule has 7 heteroatoms. The number of ether oxygens (including phenoxy) is 1. The molecule has 0 atom stereocenters. The van der Waals surface area contributed by atoms with Gasteiger partial charge in [-0.1, -0.05) is 11.7 Å². The molecule has 0 aromatic rings. The van der Waals surface area contributed by atoms with Gasteiger partial charge in [0, 0.05) is 6.08 Å². The first-order valence-corrected chi connectivity index (χ1v) is 3.43. The Morgan fingerprint density at radius 2 is 2.21 bits per heavy atom. The second-order valence-corrected chi connectivity index (χ2v) is 1.58. The Labute approximate surface area is 80.1 Å². The van der Waals surface area contributed by atoms with Gasteiger partial charge < -0.3 is 9.84 Å². The summed E-state index contributed by atoms with van der Waals surface area (Å²) in [5.41, 5.74) is 1.77. The van der Waals surface area contributed by atoms with Crippen LogP contribution >= 0.6 is 0 Å². The number of carbonyl (C=O) groups excluding carboxylic acids is 2. The van der Waals surface area contributed by atoms with Gasteiger partial charge in [0.15, 0.2) is 0 Å². The molecule has 14 heavy (non-hydrogen) atoms. The molecule has 0 aliphatic heterocycles. The molecule has 0 fully saturated rings. The maximum absolute atomic E-state index is 10.2. The number of hydrogen-bond donors (Lipinski definition) is 2. The van der Waals surface area contributed by atoms with Gasteiger partial charge in [-0.15, -0.1) is 0 Å². The molecule has 0 saturated heterocycles. The second kappa shape index (κ2) is 10.9. The van der Waals surface area contributed by atoms with Gasteiger partial charge >= 0.3 is 12.1 Å². The number of aliphatic carboxylic acids is 1. The molecule has 1 amide bonds. The SMILES string of the molecule is C=CC(=O)O.CCOC(=O)NN=C=O. The summed E-state index contributed by atoms with van der Waals surface area (Å²) >= 11 is 0. The number of nitrogens with zero attached hydrogens (tertiary/aromatic N) is 1. The number of rotatable bonds is 3. The predicted octanol–water partition coefficient (Wildman–Crippen LogP) is 0.240. The van der Waals surface area contributed by atoms with Crippen molar-refractivity contribution in [2.45, 2.75) is 6.92 Å². The van der Waals surface area contributed by atoms with E-state index in [1.165, 1.54) is 0 Å². The van der Waals surface area contributed by atoms with Gasteiger partial charge in [-0.2, -0.15) is 0 Å². The van der Waals surface area contributed by atoms with Gasteiger partial charge in [-0.05, 0) is 6.92 Å². The van der Waals surface area contributed by atoms with Crippen LogP contribution in [-0.2, 0) is 14.3 Å².